The Labute approximate surface area is 69.0 Å². The van der Waals surface area contributed by atoms with Gasteiger partial charge < -0.3 is 10.4 Å². The Hall–Kier alpha value is -0.0800. The molecule has 0 aromatic heterocycles. The van der Waals surface area contributed by atoms with Crippen molar-refractivity contribution < 1.29 is 5.11 Å². The van der Waals surface area contributed by atoms with Crippen molar-refractivity contribution in [1.29, 1.82) is 0 Å². The Bertz CT molecular complexity index is 136. The van der Waals surface area contributed by atoms with Crippen LogP contribution < -0.4 is 5.32 Å². The largest absolute Gasteiger partial charge is 0.396 e. The van der Waals surface area contributed by atoms with Crippen LogP contribution in [0.1, 0.15) is 27.2 Å². The van der Waals surface area contributed by atoms with E-state index in [9.17, 15) is 0 Å². The van der Waals surface area contributed by atoms with Crippen LogP contribution in [0.2, 0.25) is 0 Å². The van der Waals surface area contributed by atoms with Gasteiger partial charge in [-0.1, -0.05) is 20.8 Å². The summed E-state index contributed by atoms with van der Waals surface area (Å²) < 4.78 is 0. The van der Waals surface area contributed by atoms with E-state index in [0.29, 0.717) is 24.0 Å². The quantitative estimate of drug-likeness (QED) is 0.638. The van der Waals surface area contributed by atoms with E-state index < -0.39 is 0 Å². The molecule has 0 spiro atoms. The van der Waals surface area contributed by atoms with Crippen molar-refractivity contribution in [2.75, 3.05) is 13.2 Å². The van der Waals surface area contributed by atoms with Gasteiger partial charge in [-0.3, -0.25) is 0 Å². The number of rotatable bonds is 4. The molecule has 1 aliphatic carbocycles. The first-order valence-corrected chi connectivity index (χ1v) is 4.43. The van der Waals surface area contributed by atoms with Gasteiger partial charge in [0.1, 0.15) is 0 Å². The third kappa shape index (κ3) is 2.17. The molecule has 0 amide bonds. The fraction of sp³-hybridized carbons (Fsp3) is 1.00. The van der Waals surface area contributed by atoms with Crippen LogP contribution >= 0.6 is 0 Å². The lowest BCUT2D eigenvalue weighted by molar-refractivity contribution is 0.250. The summed E-state index contributed by atoms with van der Waals surface area (Å²) in [5.74, 6) is 0.550. The second kappa shape index (κ2) is 3.11. The molecule has 0 aromatic rings. The van der Waals surface area contributed by atoms with E-state index in [1.165, 1.54) is 6.42 Å². The topological polar surface area (TPSA) is 32.3 Å². The van der Waals surface area contributed by atoms with E-state index >= 15 is 0 Å². The monoisotopic (exact) mass is 157 g/mol. The van der Waals surface area contributed by atoms with Crippen LogP contribution in [0.25, 0.3) is 0 Å². The molecule has 0 aromatic carbocycles. The first kappa shape index (κ1) is 9.01. The Kier molecular flexibility index (Phi) is 2.55. The van der Waals surface area contributed by atoms with Gasteiger partial charge in [-0.05, 0) is 17.8 Å². The molecule has 0 bridgehead atoms. The van der Waals surface area contributed by atoms with Gasteiger partial charge in [0.15, 0.2) is 0 Å². The fourth-order valence-corrected chi connectivity index (χ4v) is 1.44. The highest BCUT2D eigenvalue weighted by molar-refractivity contribution is 4.99. The van der Waals surface area contributed by atoms with Gasteiger partial charge in [0.05, 0.1) is 0 Å². The van der Waals surface area contributed by atoms with Gasteiger partial charge in [-0.25, -0.2) is 0 Å². The summed E-state index contributed by atoms with van der Waals surface area (Å²) >= 11 is 0. The number of nitrogens with one attached hydrogen (secondary N) is 1. The maximum Gasteiger partial charge on any atom is 0.0465 e. The van der Waals surface area contributed by atoms with Crippen LogP contribution in [0, 0.1) is 11.3 Å². The van der Waals surface area contributed by atoms with E-state index in [0.717, 1.165) is 6.54 Å². The number of aliphatic hydroxyl groups excluding tert-OH is 1. The minimum atomic E-state index is 0.357. The molecule has 1 rings (SSSR count). The minimum absolute atomic E-state index is 0.357. The highest BCUT2D eigenvalue weighted by atomic mass is 16.3. The zero-order valence-corrected chi connectivity index (χ0v) is 7.72. The van der Waals surface area contributed by atoms with Crippen molar-refractivity contribution in [2.45, 2.75) is 33.2 Å². The summed E-state index contributed by atoms with van der Waals surface area (Å²) in [7, 11) is 0. The van der Waals surface area contributed by atoms with Crippen LogP contribution in [0.4, 0.5) is 0 Å². The maximum absolute atomic E-state index is 8.88. The molecule has 0 saturated heterocycles. The molecule has 2 nitrogen and oxygen atoms in total. The molecule has 2 atom stereocenters. The van der Waals surface area contributed by atoms with Gasteiger partial charge >= 0.3 is 0 Å². The molecular weight excluding hydrogens is 138 g/mol. The lowest BCUT2D eigenvalue weighted by Gasteiger charge is -2.14. The molecule has 2 heteroatoms. The summed E-state index contributed by atoms with van der Waals surface area (Å²) in [5, 5.41) is 12.3. The van der Waals surface area contributed by atoms with E-state index in [4.69, 9.17) is 5.11 Å². The average Bonchev–Trinajstić information content (AvgIpc) is 2.59. The van der Waals surface area contributed by atoms with E-state index in [1.54, 1.807) is 0 Å². The van der Waals surface area contributed by atoms with Gasteiger partial charge in [-0.2, -0.15) is 0 Å². The highest BCUT2D eigenvalue weighted by Gasteiger charge is 2.48. The van der Waals surface area contributed by atoms with Gasteiger partial charge in [-0.15, -0.1) is 0 Å². The van der Waals surface area contributed by atoms with Crippen molar-refractivity contribution in [2.24, 2.45) is 11.3 Å². The molecule has 0 unspecified atom stereocenters. The second-order valence-electron chi connectivity index (χ2n) is 4.27. The molecule has 1 saturated carbocycles. The minimum Gasteiger partial charge on any atom is -0.396 e. The average molecular weight is 157 g/mol. The Morgan fingerprint density at radius 3 is 2.64 bits per heavy atom. The van der Waals surface area contributed by atoms with E-state index in [2.05, 4.69) is 26.1 Å². The van der Waals surface area contributed by atoms with Gasteiger partial charge in [0.2, 0.25) is 0 Å². The summed E-state index contributed by atoms with van der Waals surface area (Å²) in [6.07, 6.45) is 1.18. The third-order valence-corrected chi connectivity index (χ3v) is 2.67. The van der Waals surface area contributed by atoms with Crippen molar-refractivity contribution >= 4 is 0 Å². The first-order chi connectivity index (χ1) is 5.08. The maximum atomic E-state index is 8.88. The smallest absolute Gasteiger partial charge is 0.0465 e. The lowest BCUT2D eigenvalue weighted by Crippen LogP contribution is -2.29. The highest BCUT2D eigenvalue weighted by Crippen LogP contribution is 2.51. The first-order valence-electron chi connectivity index (χ1n) is 4.43. The molecule has 11 heavy (non-hydrogen) atoms. The molecule has 2 N–H and O–H groups in total. The molecule has 1 aliphatic rings. The van der Waals surface area contributed by atoms with Crippen molar-refractivity contribution in [1.82, 2.24) is 5.32 Å². The summed E-state index contributed by atoms with van der Waals surface area (Å²) in [6.45, 7) is 7.95. The third-order valence-electron chi connectivity index (χ3n) is 2.67. The predicted octanol–water partition coefficient (Wildman–Crippen LogP) is 1.00. The van der Waals surface area contributed by atoms with Crippen LogP contribution in [-0.4, -0.2) is 24.3 Å². The van der Waals surface area contributed by atoms with Gasteiger partial charge in [0, 0.05) is 19.2 Å². The number of hydrogen-bond acceptors (Lipinski definition) is 2. The van der Waals surface area contributed by atoms with Gasteiger partial charge in [0.25, 0.3) is 0 Å². The Morgan fingerprint density at radius 1 is 1.64 bits per heavy atom. The summed E-state index contributed by atoms with van der Waals surface area (Å²) in [5.41, 5.74) is 0.388. The zero-order valence-electron chi connectivity index (χ0n) is 7.72. The molecule has 1 fully saturated rings. The lowest BCUT2D eigenvalue weighted by atomic mass is 10.1. The predicted molar refractivity (Wildman–Crippen MR) is 46.4 cm³/mol. The van der Waals surface area contributed by atoms with Crippen molar-refractivity contribution in [3.05, 3.63) is 0 Å². The molecular formula is C9H19NO. The Balaban J connectivity index is 2.18. The zero-order chi connectivity index (χ0) is 8.48. The number of aliphatic hydroxyl groups is 1. The van der Waals surface area contributed by atoms with Crippen molar-refractivity contribution in [3.63, 3.8) is 0 Å². The standard InChI is InChI=1S/C9H19NO/c1-7(2)10-6-9(3)4-8(9)5-11/h7-8,10-11H,4-6H2,1-3H3/t8-,9+/m1/s1. The van der Waals surface area contributed by atoms with Crippen molar-refractivity contribution in [3.8, 4) is 0 Å². The van der Waals surface area contributed by atoms with Crippen LogP contribution in [0.3, 0.4) is 0 Å². The van der Waals surface area contributed by atoms with E-state index in [-0.39, 0.29) is 0 Å². The molecule has 0 heterocycles. The second-order valence-corrected chi connectivity index (χ2v) is 4.27. The van der Waals surface area contributed by atoms with Crippen LogP contribution in [-0.2, 0) is 0 Å². The molecule has 66 valence electrons. The van der Waals surface area contributed by atoms with E-state index in [1.807, 2.05) is 0 Å². The molecule has 0 aliphatic heterocycles. The van der Waals surface area contributed by atoms with Crippen LogP contribution in [0.15, 0.2) is 0 Å². The SMILES string of the molecule is CC(C)NC[C@]1(C)C[C@@H]1CO. The Morgan fingerprint density at radius 2 is 2.27 bits per heavy atom. The summed E-state index contributed by atoms with van der Waals surface area (Å²) in [6, 6.07) is 0.562. The van der Waals surface area contributed by atoms with Crippen LogP contribution in [0.5, 0.6) is 0 Å². The normalized spacial score (nSPS) is 36.3. The fourth-order valence-electron chi connectivity index (χ4n) is 1.44. The molecule has 0 radical (unpaired) electrons. The number of hydrogen-bond donors (Lipinski definition) is 2. The summed E-state index contributed by atoms with van der Waals surface area (Å²) in [4.78, 5) is 0.